The molecule has 0 saturated heterocycles. The zero-order valence-electron chi connectivity index (χ0n) is 10.2. The summed E-state index contributed by atoms with van der Waals surface area (Å²) < 4.78 is 0. The van der Waals surface area contributed by atoms with Gasteiger partial charge in [0.2, 0.25) is 0 Å². The summed E-state index contributed by atoms with van der Waals surface area (Å²) in [5, 5.41) is 9.70. The Morgan fingerprint density at radius 1 is 1.31 bits per heavy atom. The Balaban J connectivity index is 2.53. The molecule has 1 rings (SSSR count). The first-order valence-electron chi connectivity index (χ1n) is 5.29. The van der Waals surface area contributed by atoms with Crippen LogP contribution in [-0.2, 0) is 0 Å². The third-order valence-corrected chi connectivity index (χ3v) is 3.07. The minimum absolute atomic E-state index is 0.258. The van der Waals surface area contributed by atoms with Gasteiger partial charge >= 0.3 is 0 Å². The Morgan fingerprint density at radius 3 is 2.38 bits per heavy atom. The van der Waals surface area contributed by atoms with Crippen LogP contribution in [0.25, 0.3) is 0 Å². The van der Waals surface area contributed by atoms with E-state index in [2.05, 4.69) is 16.0 Å². The molecule has 3 nitrogen and oxygen atoms in total. The number of rotatable bonds is 4. The number of hydrogen-bond acceptors (Lipinski definition) is 4. The maximum Gasteiger partial charge on any atom is 0.187 e. The van der Waals surface area contributed by atoms with Crippen molar-refractivity contribution in [2.75, 3.05) is 5.75 Å². The van der Waals surface area contributed by atoms with Crippen LogP contribution in [0, 0.1) is 30.6 Å². The van der Waals surface area contributed by atoms with Crippen molar-refractivity contribution in [2.24, 2.45) is 5.41 Å². The van der Waals surface area contributed by atoms with Crippen LogP contribution in [0.2, 0.25) is 0 Å². The number of nitriles is 1. The van der Waals surface area contributed by atoms with E-state index in [0.717, 1.165) is 28.7 Å². The molecule has 0 radical (unpaired) electrons. The molecule has 0 spiro atoms. The molecule has 16 heavy (non-hydrogen) atoms. The maximum atomic E-state index is 8.89. The van der Waals surface area contributed by atoms with Gasteiger partial charge < -0.3 is 0 Å². The van der Waals surface area contributed by atoms with Crippen LogP contribution in [0.5, 0.6) is 0 Å². The molecular formula is C12H17N3S. The van der Waals surface area contributed by atoms with Crippen LogP contribution in [0.1, 0.15) is 31.7 Å². The molecule has 0 amide bonds. The minimum atomic E-state index is -0.258. The van der Waals surface area contributed by atoms with Gasteiger partial charge in [-0.15, -0.1) is 0 Å². The first-order chi connectivity index (χ1) is 7.43. The molecule has 0 aliphatic heterocycles. The monoisotopic (exact) mass is 235 g/mol. The van der Waals surface area contributed by atoms with E-state index < -0.39 is 0 Å². The lowest BCUT2D eigenvalue weighted by Crippen LogP contribution is -2.09. The molecular weight excluding hydrogens is 218 g/mol. The van der Waals surface area contributed by atoms with Crippen molar-refractivity contribution < 1.29 is 0 Å². The summed E-state index contributed by atoms with van der Waals surface area (Å²) in [6, 6.07) is 4.26. The maximum absolute atomic E-state index is 8.89. The third kappa shape index (κ3) is 4.19. The predicted octanol–water partition coefficient (Wildman–Crippen LogP) is 3.13. The number of hydrogen-bond donors (Lipinski definition) is 0. The van der Waals surface area contributed by atoms with Crippen LogP contribution in [0.15, 0.2) is 11.2 Å². The van der Waals surface area contributed by atoms with Crippen molar-refractivity contribution in [1.29, 1.82) is 5.26 Å². The molecule has 0 N–H and O–H groups in total. The van der Waals surface area contributed by atoms with Gasteiger partial charge in [-0.05, 0) is 40.2 Å². The normalized spacial score (nSPS) is 11.2. The van der Waals surface area contributed by atoms with E-state index in [-0.39, 0.29) is 5.41 Å². The average molecular weight is 235 g/mol. The highest BCUT2D eigenvalue weighted by atomic mass is 32.2. The number of nitrogens with zero attached hydrogens (tertiary/aromatic N) is 3. The largest absolute Gasteiger partial charge is 0.228 e. The highest BCUT2D eigenvalue weighted by molar-refractivity contribution is 7.99. The van der Waals surface area contributed by atoms with Gasteiger partial charge in [0, 0.05) is 17.1 Å². The highest BCUT2D eigenvalue weighted by Gasteiger charge is 2.16. The molecule has 1 heterocycles. The Kier molecular flexibility index (Phi) is 4.31. The van der Waals surface area contributed by atoms with Crippen LogP contribution >= 0.6 is 11.8 Å². The zero-order chi connectivity index (χ0) is 12.2. The molecule has 0 atom stereocenters. The molecule has 0 saturated carbocycles. The van der Waals surface area contributed by atoms with Crippen LogP contribution in [0.3, 0.4) is 0 Å². The van der Waals surface area contributed by atoms with Gasteiger partial charge in [0.1, 0.15) is 0 Å². The van der Waals surface area contributed by atoms with Crippen molar-refractivity contribution in [3.63, 3.8) is 0 Å². The SMILES string of the molecule is Cc1cc(C)nc(SCCC(C)(C)C#N)n1. The fraction of sp³-hybridized carbons (Fsp3) is 0.583. The van der Waals surface area contributed by atoms with Gasteiger partial charge in [-0.1, -0.05) is 11.8 Å². The summed E-state index contributed by atoms with van der Waals surface area (Å²) >= 11 is 1.62. The lowest BCUT2D eigenvalue weighted by Gasteiger charge is -2.13. The standard InChI is InChI=1S/C12H17N3S/c1-9-7-10(2)15-11(14-9)16-6-5-12(3,4)8-13/h7H,5-6H2,1-4H3. The third-order valence-electron chi connectivity index (χ3n) is 2.22. The van der Waals surface area contributed by atoms with Gasteiger partial charge in [0.15, 0.2) is 5.16 Å². The van der Waals surface area contributed by atoms with Gasteiger partial charge in [-0.25, -0.2) is 9.97 Å². The quantitative estimate of drug-likeness (QED) is 0.594. The fourth-order valence-corrected chi connectivity index (χ4v) is 2.42. The predicted molar refractivity (Wildman–Crippen MR) is 66.2 cm³/mol. The summed E-state index contributed by atoms with van der Waals surface area (Å²) in [5.41, 5.74) is 1.73. The summed E-state index contributed by atoms with van der Waals surface area (Å²) in [4.78, 5) is 8.70. The first-order valence-corrected chi connectivity index (χ1v) is 6.28. The lowest BCUT2D eigenvalue weighted by molar-refractivity contribution is 0.482. The van der Waals surface area contributed by atoms with Crippen molar-refractivity contribution >= 4 is 11.8 Å². The van der Waals surface area contributed by atoms with E-state index in [1.165, 1.54) is 0 Å². The van der Waals surface area contributed by atoms with Crippen LogP contribution < -0.4 is 0 Å². The van der Waals surface area contributed by atoms with E-state index in [4.69, 9.17) is 5.26 Å². The summed E-state index contributed by atoms with van der Waals surface area (Å²) in [6.45, 7) is 7.85. The molecule has 4 heteroatoms. The summed E-state index contributed by atoms with van der Waals surface area (Å²) in [5.74, 6) is 0.878. The molecule has 86 valence electrons. The number of aromatic nitrogens is 2. The number of aryl methyl sites for hydroxylation is 2. The second kappa shape index (κ2) is 5.31. The molecule has 0 aliphatic rings. The smallest absolute Gasteiger partial charge is 0.187 e. The van der Waals surface area contributed by atoms with Gasteiger partial charge in [-0.3, -0.25) is 0 Å². The summed E-state index contributed by atoms with van der Waals surface area (Å²) in [6.07, 6.45) is 0.852. The highest BCUT2D eigenvalue weighted by Crippen LogP contribution is 2.24. The van der Waals surface area contributed by atoms with Crippen molar-refractivity contribution in [1.82, 2.24) is 9.97 Å². The van der Waals surface area contributed by atoms with Crippen LogP contribution in [0.4, 0.5) is 0 Å². The van der Waals surface area contributed by atoms with Crippen LogP contribution in [-0.4, -0.2) is 15.7 Å². The van der Waals surface area contributed by atoms with E-state index in [1.54, 1.807) is 11.8 Å². The number of thioether (sulfide) groups is 1. The van der Waals surface area contributed by atoms with E-state index in [1.807, 2.05) is 33.8 Å². The van der Waals surface area contributed by atoms with E-state index in [0.29, 0.717) is 0 Å². The Bertz CT molecular complexity index is 387. The first kappa shape index (κ1) is 13.0. The average Bonchev–Trinajstić information content (AvgIpc) is 2.16. The Morgan fingerprint density at radius 2 is 1.88 bits per heavy atom. The van der Waals surface area contributed by atoms with Crippen molar-refractivity contribution in [3.8, 4) is 6.07 Å². The van der Waals surface area contributed by atoms with Gasteiger partial charge in [0.05, 0.1) is 11.5 Å². The van der Waals surface area contributed by atoms with E-state index in [9.17, 15) is 0 Å². The molecule has 0 aromatic carbocycles. The zero-order valence-corrected chi connectivity index (χ0v) is 11.1. The topological polar surface area (TPSA) is 49.6 Å². The summed E-state index contributed by atoms with van der Waals surface area (Å²) in [7, 11) is 0. The Hall–Kier alpha value is -1.08. The van der Waals surface area contributed by atoms with Crippen molar-refractivity contribution in [2.45, 2.75) is 39.3 Å². The molecule has 0 unspecified atom stereocenters. The molecule has 0 bridgehead atoms. The molecule has 0 fully saturated rings. The second-order valence-electron chi connectivity index (χ2n) is 4.53. The molecule has 1 aromatic rings. The lowest BCUT2D eigenvalue weighted by atomic mass is 9.93. The fourth-order valence-electron chi connectivity index (χ4n) is 1.21. The molecule has 0 aliphatic carbocycles. The molecule has 1 aromatic heterocycles. The van der Waals surface area contributed by atoms with Gasteiger partial charge in [-0.2, -0.15) is 5.26 Å². The second-order valence-corrected chi connectivity index (χ2v) is 5.59. The van der Waals surface area contributed by atoms with Crippen molar-refractivity contribution in [3.05, 3.63) is 17.5 Å². The van der Waals surface area contributed by atoms with Gasteiger partial charge in [0.25, 0.3) is 0 Å². The van der Waals surface area contributed by atoms with E-state index >= 15 is 0 Å². The minimum Gasteiger partial charge on any atom is -0.228 e. The Labute approximate surface area is 101 Å².